The maximum absolute atomic E-state index is 12.2. The van der Waals surface area contributed by atoms with E-state index in [4.69, 9.17) is 14.4 Å². The van der Waals surface area contributed by atoms with E-state index < -0.39 is 17.6 Å². The Labute approximate surface area is 147 Å². The first kappa shape index (κ1) is 20.4. The number of carbonyl (C=O) groups is 2. The lowest BCUT2D eigenvalue weighted by Gasteiger charge is -2.27. The van der Waals surface area contributed by atoms with Crippen LogP contribution in [0.1, 0.15) is 12.0 Å². The maximum atomic E-state index is 12.2. The molecule has 1 atom stereocenters. The molecule has 1 N–H and O–H groups in total. The average molecular weight is 349 g/mol. The van der Waals surface area contributed by atoms with Gasteiger partial charge in [0.2, 0.25) is 0 Å². The third-order valence-electron chi connectivity index (χ3n) is 3.24. The summed E-state index contributed by atoms with van der Waals surface area (Å²) < 4.78 is 9.98. The average Bonchev–Trinajstić information content (AvgIpc) is 2.63. The second kappa shape index (κ2) is 11.0. The highest BCUT2D eigenvalue weighted by Gasteiger charge is 2.38. The van der Waals surface area contributed by atoms with E-state index in [1.807, 2.05) is 30.3 Å². The molecule has 1 aromatic rings. The number of esters is 1. The summed E-state index contributed by atoms with van der Waals surface area (Å²) >= 11 is 0. The van der Waals surface area contributed by atoms with Crippen molar-refractivity contribution in [1.29, 1.82) is 0 Å². The van der Waals surface area contributed by atoms with Gasteiger partial charge in [0.1, 0.15) is 13.2 Å². The summed E-state index contributed by atoms with van der Waals surface area (Å²) in [6, 6.07) is 9.19. The lowest BCUT2D eigenvalue weighted by molar-refractivity contribution is -0.263. The highest BCUT2D eigenvalue weighted by atomic mass is 17.2. The van der Waals surface area contributed by atoms with Crippen LogP contribution >= 0.6 is 0 Å². The van der Waals surface area contributed by atoms with Crippen LogP contribution in [0.15, 0.2) is 55.1 Å². The predicted octanol–water partition coefficient (Wildman–Crippen LogP) is 2.53. The van der Waals surface area contributed by atoms with Gasteiger partial charge in [-0.1, -0.05) is 42.5 Å². The molecule has 0 aliphatic rings. The lowest BCUT2D eigenvalue weighted by Crippen LogP contribution is -2.53. The van der Waals surface area contributed by atoms with Crippen LogP contribution in [0.5, 0.6) is 0 Å². The van der Waals surface area contributed by atoms with Crippen LogP contribution in [0.2, 0.25) is 0 Å². The highest BCUT2D eigenvalue weighted by Crippen LogP contribution is 2.17. The largest absolute Gasteiger partial charge is 0.467 e. The minimum atomic E-state index is -1.44. The van der Waals surface area contributed by atoms with E-state index in [1.54, 1.807) is 0 Å². The number of benzene rings is 1. The number of hydrogen-bond acceptors (Lipinski definition) is 6. The first-order valence-corrected chi connectivity index (χ1v) is 7.59. The van der Waals surface area contributed by atoms with E-state index in [9.17, 15) is 9.59 Å². The van der Waals surface area contributed by atoms with Crippen molar-refractivity contribution in [2.45, 2.75) is 18.6 Å². The molecule has 0 bridgehead atoms. The fourth-order valence-corrected chi connectivity index (χ4v) is 2.07. The monoisotopic (exact) mass is 349 g/mol. The van der Waals surface area contributed by atoms with E-state index in [0.717, 1.165) is 5.56 Å². The molecule has 0 aliphatic carbocycles. The maximum Gasteiger partial charge on any atom is 0.408 e. The number of nitrogens with one attached hydrogen (secondary N) is 1. The summed E-state index contributed by atoms with van der Waals surface area (Å²) in [5, 5.41) is 2.54. The Hall–Kier alpha value is -2.64. The molecular weight excluding hydrogens is 326 g/mol. The van der Waals surface area contributed by atoms with Gasteiger partial charge in [-0.25, -0.2) is 19.4 Å². The van der Waals surface area contributed by atoms with Gasteiger partial charge in [-0.15, -0.1) is 6.58 Å². The molecule has 7 heteroatoms. The van der Waals surface area contributed by atoms with Crippen LogP contribution in [0.4, 0.5) is 4.79 Å². The highest BCUT2D eigenvalue weighted by molar-refractivity contribution is 5.88. The Morgan fingerprint density at radius 2 is 1.96 bits per heavy atom. The molecule has 1 aromatic carbocycles. The normalized spacial score (nSPS) is 13.0. The summed E-state index contributed by atoms with van der Waals surface area (Å²) in [5.41, 5.74) is -0.615. The van der Waals surface area contributed by atoms with Gasteiger partial charge in [-0.05, 0) is 11.6 Å². The molecule has 1 amide bonds. The summed E-state index contributed by atoms with van der Waals surface area (Å²) in [6.45, 7) is 3.79. The molecule has 0 aromatic heterocycles. The van der Waals surface area contributed by atoms with Gasteiger partial charge in [-0.2, -0.15) is 0 Å². The molecule has 0 heterocycles. The Bertz CT molecular complexity index is 586. The minimum Gasteiger partial charge on any atom is -0.467 e. The third-order valence-corrected chi connectivity index (χ3v) is 3.24. The van der Waals surface area contributed by atoms with Gasteiger partial charge in [0.05, 0.1) is 14.2 Å². The fraction of sp³-hybridized carbons (Fsp3) is 0.333. The van der Waals surface area contributed by atoms with Crippen LogP contribution in [-0.2, 0) is 30.7 Å². The second-order valence-corrected chi connectivity index (χ2v) is 5.00. The summed E-state index contributed by atoms with van der Waals surface area (Å²) in [7, 11) is 2.60. The number of carbonyl (C=O) groups excluding carboxylic acids is 2. The van der Waals surface area contributed by atoms with Gasteiger partial charge >= 0.3 is 12.1 Å². The van der Waals surface area contributed by atoms with Crippen LogP contribution in [0.25, 0.3) is 0 Å². The standard InChI is InChI=1S/C18H23NO6/c1-4-11-18(16(20)22-2,12-8-13-25-23-3)19-17(21)24-14-15-9-6-5-7-10-15/h4-10,12H,1,11,13-14H2,2-3H3,(H,19,21)/b12-8+/t18-/m0/s1. The number of hydrogen-bond donors (Lipinski definition) is 1. The van der Waals surface area contributed by atoms with Crippen molar-refractivity contribution in [2.75, 3.05) is 20.8 Å². The number of amides is 1. The number of methoxy groups -OCH3 is 1. The van der Waals surface area contributed by atoms with Gasteiger partial charge in [-0.3, -0.25) is 0 Å². The molecule has 0 fully saturated rings. The Kier molecular flexibility index (Phi) is 8.99. The summed E-state index contributed by atoms with van der Waals surface area (Å²) in [5.74, 6) is -0.655. The summed E-state index contributed by atoms with van der Waals surface area (Å²) in [6.07, 6.45) is 3.85. The van der Waals surface area contributed by atoms with E-state index in [-0.39, 0.29) is 19.6 Å². The smallest absolute Gasteiger partial charge is 0.408 e. The first-order chi connectivity index (χ1) is 12.1. The van der Waals surface area contributed by atoms with E-state index in [2.05, 4.69) is 16.8 Å². The minimum absolute atomic E-state index is 0.0779. The van der Waals surface area contributed by atoms with Crippen LogP contribution in [0.3, 0.4) is 0 Å². The molecule has 0 unspecified atom stereocenters. The zero-order valence-corrected chi connectivity index (χ0v) is 14.4. The van der Waals surface area contributed by atoms with Gasteiger partial charge in [0.15, 0.2) is 5.54 Å². The van der Waals surface area contributed by atoms with Crippen molar-refractivity contribution >= 4 is 12.1 Å². The number of rotatable bonds is 10. The van der Waals surface area contributed by atoms with Crippen molar-refractivity contribution in [3.8, 4) is 0 Å². The van der Waals surface area contributed by atoms with E-state index in [1.165, 1.54) is 32.4 Å². The Balaban J connectivity index is 2.82. The SMILES string of the molecule is C=CC[C@@](/C=C/COOC)(NC(=O)OCc1ccccc1)C(=O)OC. The van der Waals surface area contributed by atoms with Crippen LogP contribution < -0.4 is 5.32 Å². The predicted molar refractivity (Wildman–Crippen MR) is 91.4 cm³/mol. The number of ether oxygens (including phenoxy) is 2. The Morgan fingerprint density at radius 3 is 2.56 bits per heavy atom. The molecule has 0 aliphatic heterocycles. The van der Waals surface area contributed by atoms with Crippen LogP contribution in [-0.4, -0.2) is 38.4 Å². The van der Waals surface area contributed by atoms with E-state index >= 15 is 0 Å². The van der Waals surface area contributed by atoms with Crippen molar-refractivity contribution in [3.63, 3.8) is 0 Å². The van der Waals surface area contributed by atoms with Crippen molar-refractivity contribution < 1.29 is 28.8 Å². The molecule has 136 valence electrons. The zero-order chi connectivity index (χ0) is 18.5. The molecule has 25 heavy (non-hydrogen) atoms. The van der Waals surface area contributed by atoms with Gasteiger partial charge in [0, 0.05) is 6.42 Å². The number of alkyl carbamates (subject to hydrolysis) is 1. The topological polar surface area (TPSA) is 83.1 Å². The quantitative estimate of drug-likeness (QED) is 0.230. The van der Waals surface area contributed by atoms with Crippen molar-refractivity contribution in [2.24, 2.45) is 0 Å². The molecular formula is C18H23NO6. The molecule has 7 nitrogen and oxygen atoms in total. The Morgan fingerprint density at radius 1 is 1.24 bits per heavy atom. The first-order valence-electron chi connectivity index (χ1n) is 7.59. The third kappa shape index (κ3) is 6.78. The molecule has 0 saturated heterocycles. The summed E-state index contributed by atoms with van der Waals surface area (Å²) in [4.78, 5) is 33.6. The molecule has 0 radical (unpaired) electrons. The fourth-order valence-electron chi connectivity index (χ4n) is 2.07. The van der Waals surface area contributed by atoms with Crippen molar-refractivity contribution in [1.82, 2.24) is 5.32 Å². The molecule has 1 rings (SSSR count). The molecule has 0 saturated carbocycles. The lowest BCUT2D eigenvalue weighted by atomic mass is 9.94. The van der Waals surface area contributed by atoms with Crippen molar-refractivity contribution in [3.05, 3.63) is 60.7 Å². The van der Waals surface area contributed by atoms with E-state index in [0.29, 0.717) is 0 Å². The van der Waals surface area contributed by atoms with Gasteiger partial charge in [0.25, 0.3) is 0 Å². The molecule has 0 spiro atoms. The van der Waals surface area contributed by atoms with Crippen LogP contribution in [0, 0.1) is 0 Å². The van der Waals surface area contributed by atoms with Gasteiger partial charge < -0.3 is 14.8 Å². The zero-order valence-electron chi connectivity index (χ0n) is 14.4. The second-order valence-electron chi connectivity index (χ2n) is 5.00.